The highest BCUT2D eigenvalue weighted by Gasteiger charge is 2.10. The molecule has 3 heterocycles. The first-order valence-corrected chi connectivity index (χ1v) is 8.09. The van der Waals surface area contributed by atoms with Gasteiger partial charge >= 0.3 is 0 Å². The standard InChI is InChI=1S/C21H18N4O/c1-14-3-5-15(6-4-14)21(26)9-18-8-16-7-17(10-24-19(16)11-23-18)20-12-22-13-25(20)2/h3-8,10-13H,9H2,1-2H3/i3D,4D,5D,6D. The van der Waals surface area contributed by atoms with Gasteiger partial charge < -0.3 is 4.57 Å². The second kappa shape index (κ2) is 6.52. The van der Waals surface area contributed by atoms with Crippen LogP contribution in [0.1, 0.15) is 27.1 Å². The molecule has 5 nitrogen and oxygen atoms in total. The lowest BCUT2D eigenvalue weighted by Crippen LogP contribution is -2.05. The number of carbonyl (C=O) groups excluding carboxylic acids is 1. The van der Waals surface area contributed by atoms with E-state index in [1.165, 1.54) is 6.92 Å². The van der Waals surface area contributed by atoms with Crippen LogP contribution in [0.5, 0.6) is 0 Å². The first kappa shape index (κ1) is 12.1. The minimum atomic E-state index is -0.505. The predicted molar refractivity (Wildman–Crippen MR) is 101 cm³/mol. The fourth-order valence-electron chi connectivity index (χ4n) is 2.72. The van der Waals surface area contributed by atoms with Gasteiger partial charge in [-0.15, -0.1) is 0 Å². The molecule has 0 unspecified atom stereocenters. The van der Waals surface area contributed by atoms with E-state index in [0.717, 1.165) is 16.6 Å². The molecule has 0 amide bonds. The molecule has 0 spiro atoms. The molecule has 0 N–H and O–H groups in total. The Hall–Kier alpha value is -3.34. The number of imidazole rings is 1. The van der Waals surface area contributed by atoms with Gasteiger partial charge in [0.05, 0.1) is 41.8 Å². The number of fused-ring (bicyclic) bond motifs is 1. The SMILES string of the molecule is [2H]c1c([2H])c(C(=O)Cc2cc3cc(-c4cncn4C)cnc3cn2)c([2H])c([2H])c1C. The minimum Gasteiger partial charge on any atom is -0.334 e. The van der Waals surface area contributed by atoms with Gasteiger partial charge in [-0.25, -0.2) is 4.98 Å². The van der Waals surface area contributed by atoms with E-state index in [2.05, 4.69) is 15.0 Å². The second-order valence-electron chi connectivity index (χ2n) is 6.08. The third-order valence-electron chi connectivity index (χ3n) is 4.11. The van der Waals surface area contributed by atoms with Crippen LogP contribution in [-0.4, -0.2) is 25.3 Å². The van der Waals surface area contributed by atoms with Crippen molar-refractivity contribution in [2.45, 2.75) is 13.3 Å². The van der Waals surface area contributed by atoms with E-state index in [4.69, 9.17) is 5.48 Å². The smallest absolute Gasteiger partial charge is 0.168 e. The molecule has 0 radical (unpaired) electrons. The summed E-state index contributed by atoms with van der Waals surface area (Å²) < 4.78 is 33.9. The Balaban J connectivity index is 1.71. The van der Waals surface area contributed by atoms with Gasteiger partial charge in [0.1, 0.15) is 0 Å². The van der Waals surface area contributed by atoms with Gasteiger partial charge in [0.2, 0.25) is 0 Å². The van der Waals surface area contributed by atoms with E-state index < -0.39 is 5.78 Å². The maximum Gasteiger partial charge on any atom is 0.168 e. The normalized spacial score (nSPS) is 13.2. The van der Waals surface area contributed by atoms with Gasteiger partial charge in [-0.3, -0.25) is 14.8 Å². The van der Waals surface area contributed by atoms with Crippen molar-refractivity contribution in [3.8, 4) is 11.3 Å². The Bertz CT molecular complexity index is 1290. The highest BCUT2D eigenvalue weighted by molar-refractivity contribution is 5.97. The number of nitrogens with zero attached hydrogens (tertiary/aromatic N) is 4. The van der Waals surface area contributed by atoms with Crippen molar-refractivity contribution in [2.75, 3.05) is 0 Å². The molecule has 3 aromatic heterocycles. The number of pyridine rings is 2. The van der Waals surface area contributed by atoms with Crippen molar-refractivity contribution >= 4 is 16.7 Å². The summed E-state index contributed by atoms with van der Waals surface area (Å²) in [5.41, 5.74) is 2.94. The van der Waals surface area contributed by atoms with Crippen LogP contribution in [0.4, 0.5) is 0 Å². The summed E-state index contributed by atoms with van der Waals surface area (Å²) in [5, 5.41) is 0.801. The molecule has 4 aromatic rings. The summed E-state index contributed by atoms with van der Waals surface area (Å²) >= 11 is 0. The highest BCUT2D eigenvalue weighted by Crippen LogP contribution is 2.22. The van der Waals surface area contributed by atoms with Crippen molar-refractivity contribution in [2.24, 2.45) is 7.05 Å². The quantitative estimate of drug-likeness (QED) is 0.528. The fraction of sp³-hybridized carbons (Fsp3) is 0.143. The Kier molecular flexibility index (Phi) is 3.03. The van der Waals surface area contributed by atoms with Crippen LogP contribution in [-0.2, 0) is 13.5 Å². The predicted octanol–water partition coefficient (Wildman–Crippen LogP) is 3.76. The topological polar surface area (TPSA) is 60.7 Å². The molecule has 26 heavy (non-hydrogen) atoms. The second-order valence-corrected chi connectivity index (χ2v) is 6.08. The zero-order chi connectivity index (χ0) is 21.6. The number of benzene rings is 1. The summed E-state index contributed by atoms with van der Waals surface area (Å²) in [4.78, 5) is 25.7. The van der Waals surface area contributed by atoms with E-state index in [9.17, 15) is 4.79 Å². The molecule has 0 saturated carbocycles. The van der Waals surface area contributed by atoms with Crippen molar-refractivity contribution in [1.29, 1.82) is 0 Å². The number of hydrogen-bond donors (Lipinski definition) is 0. The molecule has 0 aliphatic heterocycles. The molecule has 0 aliphatic carbocycles. The molecular weight excluding hydrogens is 324 g/mol. The van der Waals surface area contributed by atoms with Gasteiger partial charge in [-0.2, -0.15) is 0 Å². The lowest BCUT2D eigenvalue weighted by molar-refractivity contribution is 0.0992. The van der Waals surface area contributed by atoms with E-state index in [-0.39, 0.29) is 41.7 Å². The maximum absolute atomic E-state index is 12.8. The number of hydrogen-bond acceptors (Lipinski definition) is 4. The number of aryl methyl sites for hydroxylation is 1. The van der Waals surface area contributed by atoms with Crippen LogP contribution in [0.25, 0.3) is 22.2 Å². The molecule has 1 aromatic carbocycles. The molecule has 0 fully saturated rings. The molecular formula is C21H18N4O. The number of aromatic nitrogens is 4. The molecule has 5 heteroatoms. The van der Waals surface area contributed by atoms with E-state index in [1.807, 2.05) is 17.7 Å². The van der Waals surface area contributed by atoms with Gasteiger partial charge in [0, 0.05) is 35.5 Å². The molecule has 0 saturated heterocycles. The third kappa shape index (κ3) is 3.11. The Morgan fingerprint density at radius 2 is 1.92 bits per heavy atom. The molecule has 0 atom stereocenters. The summed E-state index contributed by atoms with van der Waals surface area (Å²) in [6, 6.07) is 2.66. The zero-order valence-corrected chi connectivity index (χ0v) is 14.4. The summed E-state index contributed by atoms with van der Waals surface area (Å²) in [6.45, 7) is 1.51. The maximum atomic E-state index is 12.8. The lowest BCUT2D eigenvalue weighted by Gasteiger charge is -2.06. The summed E-state index contributed by atoms with van der Waals surface area (Å²) in [6.07, 6.45) is 6.63. The van der Waals surface area contributed by atoms with Crippen LogP contribution in [0.15, 0.2) is 61.2 Å². The Morgan fingerprint density at radius 1 is 1.12 bits per heavy atom. The van der Waals surface area contributed by atoms with Crippen molar-refractivity contribution in [3.05, 3.63) is 78.0 Å². The van der Waals surface area contributed by atoms with Crippen LogP contribution in [0.3, 0.4) is 0 Å². The minimum absolute atomic E-state index is 0.133. The van der Waals surface area contributed by atoms with E-state index in [1.54, 1.807) is 31.0 Å². The highest BCUT2D eigenvalue weighted by atomic mass is 16.1. The largest absolute Gasteiger partial charge is 0.334 e. The number of ketones is 1. The third-order valence-corrected chi connectivity index (χ3v) is 4.11. The Morgan fingerprint density at radius 3 is 2.65 bits per heavy atom. The van der Waals surface area contributed by atoms with E-state index in [0.29, 0.717) is 11.2 Å². The van der Waals surface area contributed by atoms with Gasteiger partial charge in [0.15, 0.2) is 5.78 Å². The first-order valence-electron chi connectivity index (χ1n) is 10.1. The first-order chi connectivity index (χ1) is 14.3. The van der Waals surface area contributed by atoms with Crippen LogP contribution < -0.4 is 0 Å². The van der Waals surface area contributed by atoms with Gasteiger partial charge in [-0.05, 0) is 19.1 Å². The number of carbonyl (C=O) groups is 1. The number of rotatable bonds is 4. The summed E-state index contributed by atoms with van der Waals surface area (Å²) in [7, 11) is 1.89. The van der Waals surface area contributed by atoms with Crippen LogP contribution >= 0.6 is 0 Å². The van der Waals surface area contributed by atoms with Gasteiger partial charge in [-0.1, -0.05) is 29.7 Å². The lowest BCUT2D eigenvalue weighted by atomic mass is 10.0. The zero-order valence-electron chi connectivity index (χ0n) is 18.4. The van der Waals surface area contributed by atoms with Gasteiger partial charge in [0.25, 0.3) is 0 Å². The average molecular weight is 346 g/mol. The van der Waals surface area contributed by atoms with E-state index >= 15 is 0 Å². The monoisotopic (exact) mass is 346 g/mol. The molecule has 0 bridgehead atoms. The average Bonchev–Trinajstić information content (AvgIpc) is 3.16. The van der Waals surface area contributed by atoms with Crippen molar-refractivity contribution in [3.63, 3.8) is 0 Å². The molecule has 0 aliphatic rings. The molecule has 4 rings (SSSR count). The van der Waals surface area contributed by atoms with Crippen LogP contribution in [0.2, 0.25) is 0 Å². The molecule has 128 valence electrons. The van der Waals surface area contributed by atoms with Crippen molar-refractivity contribution in [1.82, 2.24) is 19.5 Å². The fourth-order valence-corrected chi connectivity index (χ4v) is 2.72. The summed E-state index contributed by atoms with van der Waals surface area (Å²) in [5.74, 6) is -0.505. The Labute approximate surface area is 157 Å². The number of Topliss-reactive ketones (excluding diaryl/α,β-unsaturated/α-hetero) is 1. The van der Waals surface area contributed by atoms with Crippen LogP contribution in [0, 0.1) is 6.92 Å². The van der Waals surface area contributed by atoms with Crippen molar-refractivity contribution < 1.29 is 10.3 Å².